The lowest BCUT2D eigenvalue weighted by atomic mass is 10.1. The van der Waals surface area contributed by atoms with Crippen molar-refractivity contribution in [2.24, 2.45) is 0 Å². The summed E-state index contributed by atoms with van der Waals surface area (Å²) in [4.78, 5) is 12.7. The van der Waals surface area contributed by atoms with Gasteiger partial charge in [0.25, 0.3) is 0 Å². The fourth-order valence-electron chi connectivity index (χ4n) is 2.34. The number of piperazine rings is 1. The van der Waals surface area contributed by atoms with Crippen LogP contribution < -0.4 is 4.90 Å². The maximum Gasteiger partial charge on any atom is 0.131 e. The molecule has 1 saturated heterocycles. The molecule has 5 heteroatoms. The van der Waals surface area contributed by atoms with Crippen LogP contribution in [0.1, 0.15) is 19.8 Å². The third-order valence-electron chi connectivity index (χ3n) is 3.36. The third kappa shape index (κ3) is 2.96. The maximum absolute atomic E-state index is 9.17. The van der Waals surface area contributed by atoms with Crippen LogP contribution in [0.3, 0.4) is 0 Å². The zero-order valence-corrected chi connectivity index (χ0v) is 10.8. The van der Waals surface area contributed by atoms with Crippen LogP contribution >= 0.6 is 0 Å². The first-order chi connectivity index (χ1) is 8.85. The number of aromatic nitrogens is 2. The number of hydrogen-bond donors (Lipinski definition) is 0. The van der Waals surface area contributed by atoms with Crippen molar-refractivity contribution in [1.29, 1.82) is 5.26 Å². The molecule has 0 aliphatic carbocycles. The second-order valence-electron chi connectivity index (χ2n) is 4.52. The average molecular weight is 245 g/mol. The molecule has 1 aliphatic rings. The van der Waals surface area contributed by atoms with Gasteiger partial charge >= 0.3 is 0 Å². The summed E-state index contributed by atoms with van der Waals surface area (Å²) in [6.45, 7) is 5.85. The van der Waals surface area contributed by atoms with Crippen molar-refractivity contribution >= 4 is 5.82 Å². The predicted molar refractivity (Wildman–Crippen MR) is 70.1 cm³/mol. The van der Waals surface area contributed by atoms with E-state index in [4.69, 9.17) is 5.26 Å². The molecule has 0 radical (unpaired) electrons. The highest BCUT2D eigenvalue weighted by molar-refractivity contribution is 5.37. The van der Waals surface area contributed by atoms with Gasteiger partial charge in [-0.1, -0.05) is 13.3 Å². The van der Waals surface area contributed by atoms with E-state index in [-0.39, 0.29) is 6.04 Å². The first-order valence-electron chi connectivity index (χ1n) is 6.49. The summed E-state index contributed by atoms with van der Waals surface area (Å²) in [5.74, 6) is 0.980. The lowest BCUT2D eigenvalue weighted by Gasteiger charge is -2.37. The Labute approximate surface area is 108 Å². The van der Waals surface area contributed by atoms with Gasteiger partial charge < -0.3 is 4.90 Å². The zero-order valence-electron chi connectivity index (χ0n) is 10.8. The number of nitrogens with zero attached hydrogens (tertiary/aromatic N) is 5. The number of hydrogen-bond acceptors (Lipinski definition) is 5. The topological polar surface area (TPSA) is 56.1 Å². The Hall–Kier alpha value is -1.67. The van der Waals surface area contributed by atoms with Gasteiger partial charge in [-0.25, -0.2) is 9.97 Å². The minimum Gasteiger partial charge on any atom is -0.354 e. The molecule has 5 nitrogen and oxygen atoms in total. The van der Waals surface area contributed by atoms with Crippen LogP contribution in [0.5, 0.6) is 0 Å². The molecule has 0 spiro atoms. The van der Waals surface area contributed by atoms with Crippen molar-refractivity contribution < 1.29 is 0 Å². The molecule has 18 heavy (non-hydrogen) atoms. The van der Waals surface area contributed by atoms with Crippen molar-refractivity contribution in [2.45, 2.75) is 25.8 Å². The Morgan fingerprint density at radius 1 is 1.39 bits per heavy atom. The van der Waals surface area contributed by atoms with Gasteiger partial charge in [0.1, 0.15) is 12.1 Å². The molecule has 1 unspecified atom stereocenters. The average Bonchev–Trinajstić information content (AvgIpc) is 2.46. The molecule has 0 aromatic carbocycles. The Balaban J connectivity index is 1.90. The molecule has 96 valence electrons. The molecule has 1 aliphatic heterocycles. The highest BCUT2D eigenvalue weighted by atomic mass is 15.3. The summed E-state index contributed by atoms with van der Waals surface area (Å²) < 4.78 is 0. The molecule has 0 saturated carbocycles. The fourth-order valence-corrected chi connectivity index (χ4v) is 2.34. The summed E-state index contributed by atoms with van der Waals surface area (Å²) in [6, 6.07) is 4.41. The molecular formula is C13H19N5. The molecule has 0 bridgehead atoms. The molecular weight excluding hydrogens is 226 g/mol. The second kappa shape index (κ2) is 6.31. The molecule has 2 heterocycles. The van der Waals surface area contributed by atoms with E-state index in [2.05, 4.69) is 32.8 Å². The van der Waals surface area contributed by atoms with Crippen molar-refractivity contribution in [1.82, 2.24) is 14.9 Å². The van der Waals surface area contributed by atoms with E-state index in [9.17, 15) is 0 Å². The Kier molecular flexibility index (Phi) is 4.48. The quantitative estimate of drug-likeness (QED) is 0.800. The van der Waals surface area contributed by atoms with E-state index in [1.54, 1.807) is 12.5 Å². The normalized spacial score (nSPS) is 18.3. The Morgan fingerprint density at radius 3 is 2.72 bits per heavy atom. The predicted octanol–water partition coefficient (Wildman–Crippen LogP) is 1.29. The smallest absolute Gasteiger partial charge is 0.131 e. The second-order valence-corrected chi connectivity index (χ2v) is 4.52. The van der Waals surface area contributed by atoms with Crippen LogP contribution in [-0.2, 0) is 0 Å². The number of nitriles is 1. The summed E-state index contributed by atoms with van der Waals surface area (Å²) in [5.41, 5.74) is 0. The van der Waals surface area contributed by atoms with Crippen LogP contribution in [0.2, 0.25) is 0 Å². The van der Waals surface area contributed by atoms with Gasteiger partial charge in [-0.2, -0.15) is 5.26 Å². The SMILES string of the molecule is CCCC(C#N)N1CCN(c2ccncn2)CC1. The van der Waals surface area contributed by atoms with E-state index in [0.717, 1.165) is 44.8 Å². The maximum atomic E-state index is 9.17. The molecule has 1 aromatic rings. The standard InChI is InChI=1S/C13H19N5/c1-2-3-12(10-14)17-6-8-18(9-7-17)13-4-5-15-11-16-13/h4-5,11-12H,2-3,6-9H2,1H3. The van der Waals surface area contributed by atoms with Crippen molar-refractivity contribution in [3.63, 3.8) is 0 Å². The van der Waals surface area contributed by atoms with Crippen LogP contribution in [0, 0.1) is 11.3 Å². The van der Waals surface area contributed by atoms with Crippen molar-refractivity contribution in [2.75, 3.05) is 31.1 Å². The minimum atomic E-state index is 0.0718. The number of anilines is 1. The Bertz CT molecular complexity index is 392. The van der Waals surface area contributed by atoms with Crippen molar-refractivity contribution in [3.8, 4) is 6.07 Å². The summed E-state index contributed by atoms with van der Waals surface area (Å²) >= 11 is 0. The third-order valence-corrected chi connectivity index (χ3v) is 3.36. The van der Waals surface area contributed by atoms with Gasteiger partial charge in [-0.15, -0.1) is 0 Å². The van der Waals surface area contributed by atoms with Gasteiger partial charge in [0, 0.05) is 32.4 Å². The van der Waals surface area contributed by atoms with E-state index >= 15 is 0 Å². The van der Waals surface area contributed by atoms with E-state index in [1.165, 1.54) is 0 Å². The summed E-state index contributed by atoms with van der Waals surface area (Å²) in [6.07, 6.45) is 5.37. The lowest BCUT2D eigenvalue weighted by molar-refractivity contribution is 0.211. The van der Waals surface area contributed by atoms with Gasteiger partial charge in [-0.3, -0.25) is 4.90 Å². The van der Waals surface area contributed by atoms with Crippen LogP contribution in [0.25, 0.3) is 0 Å². The fraction of sp³-hybridized carbons (Fsp3) is 0.615. The van der Waals surface area contributed by atoms with Gasteiger partial charge in [0.2, 0.25) is 0 Å². The first-order valence-corrected chi connectivity index (χ1v) is 6.49. The monoisotopic (exact) mass is 245 g/mol. The van der Waals surface area contributed by atoms with Crippen LogP contribution in [-0.4, -0.2) is 47.1 Å². The minimum absolute atomic E-state index is 0.0718. The Morgan fingerprint density at radius 2 is 2.17 bits per heavy atom. The van der Waals surface area contributed by atoms with Crippen molar-refractivity contribution in [3.05, 3.63) is 18.6 Å². The molecule has 1 aromatic heterocycles. The highest BCUT2D eigenvalue weighted by Crippen LogP contribution is 2.15. The molecule has 1 fully saturated rings. The van der Waals surface area contributed by atoms with E-state index in [0.29, 0.717) is 0 Å². The zero-order chi connectivity index (χ0) is 12.8. The molecule has 0 N–H and O–H groups in total. The van der Waals surface area contributed by atoms with Gasteiger partial charge in [0.05, 0.1) is 12.1 Å². The molecule has 2 rings (SSSR count). The van der Waals surface area contributed by atoms with Gasteiger partial charge in [0.15, 0.2) is 0 Å². The van der Waals surface area contributed by atoms with E-state index in [1.807, 2.05) is 6.07 Å². The molecule has 1 atom stereocenters. The molecule has 0 amide bonds. The van der Waals surface area contributed by atoms with Gasteiger partial charge in [-0.05, 0) is 12.5 Å². The number of rotatable bonds is 4. The first kappa shape index (κ1) is 12.8. The van der Waals surface area contributed by atoms with Crippen LogP contribution in [0.15, 0.2) is 18.6 Å². The van der Waals surface area contributed by atoms with E-state index < -0.39 is 0 Å². The summed E-state index contributed by atoms with van der Waals surface area (Å²) in [5, 5.41) is 9.17. The lowest BCUT2D eigenvalue weighted by Crippen LogP contribution is -2.50. The summed E-state index contributed by atoms with van der Waals surface area (Å²) in [7, 11) is 0. The highest BCUT2D eigenvalue weighted by Gasteiger charge is 2.23. The largest absolute Gasteiger partial charge is 0.354 e. The van der Waals surface area contributed by atoms with Crippen LogP contribution in [0.4, 0.5) is 5.82 Å².